The lowest BCUT2D eigenvalue weighted by Crippen LogP contribution is -2.16. The molecule has 0 aliphatic carbocycles. The fourth-order valence-corrected chi connectivity index (χ4v) is 1.63. The zero-order valence-corrected chi connectivity index (χ0v) is 10.0. The van der Waals surface area contributed by atoms with Gasteiger partial charge in [0, 0.05) is 18.0 Å². The van der Waals surface area contributed by atoms with Gasteiger partial charge in [-0.2, -0.15) is 5.10 Å². The van der Waals surface area contributed by atoms with Gasteiger partial charge in [-0.3, -0.25) is 4.98 Å². The van der Waals surface area contributed by atoms with Crippen LogP contribution in [0.15, 0.2) is 24.8 Å². The zero-order chi connectivity index (χ0) is 12.3. The van der Waals surface area contributed by atoms with Crippen LogP contribution >= 0.6 is 0 Å². The van der Waals surface area contributed by atoms with Crippen LogP contribution in [-0.4, -0.2) is 31.0 Å². The van der Waals surface area contributed by atoms with Gasteiger partial charge in [0.2, 0.25) is 0 Å². The molecule has 0 spiro atoms. The van der Waals surface area contributed by atoms with E-state index in [1.54, 1.807) is 17.1 Å². The standard InChI is InChI=1S/C12H16N4O/c1-3-10(17)7-16-12(14-8-15-16)11-6-13-5-4-9(11)2/h4-6,8,10,17H,3,7H2,1-2H3/t10-/m1/s1. The first-order valence-electron chi connectivity index (χ1n) is 5.69. The summed E-state index contributed by atoms with van der Waals surface area (Å²) in [7, 11) is 0. The summed E-state index contributed by atoms with van der Waals surface area (Å²) in [6.07, 6.45) is 5.33. The third-order valence-corrected chi connectivity index (χ3v) is 2.75. The smallest absolute Gasteiger partial charge is 0.159 e. The van der Waals surface area contributed by atoms with Crippen molar-refractivity contribution in [2.75, 3.05) is 0 Å². The molecule has 2 heterocycles. The number of aromatic nitrogens is 4. The minimum absolute atomic E-state index is 0.396. The molecular weight excluding hydrogens is 216 g/mol. The van der Waals surface area contributed by atoms with E-state index in [4.69, 9.17) is 0 Å². The number of aryl methyl sites for hydroxylation is 1. The molecular formula is C12H16N4O. The van der Waals surface area contributed by atoms with Crippen LogP contribution in [0, 0.1) is 6.92 Å². The molecule has 2 rings (SSSR count). The van der Waals surface area contributed by atoms with Gasteiger partial charge in [-0.1, -0.05) is 6.92 Å². The Hall–Kier alpha value is -1.75. The number of hydrogen-bond acceptors (Lipinski definition) is 4. The van der Waals surface area contributed by atoms with Gasteiger partial charge in [0.05, 0.1) is 12.6 Å². The molecule has 0 aromatic carbocycles. The second kappa shape index (κ2) is 5.05. The van der Waals surface area contributed by atoms with E-state index in [0.29, 0.717) is 13.0 Å². The minimum Gasteiger partial charge on any atom is -0.391 e. The fourth-order valence-electron chi connectivity index (χ4n) is 1.63. The van der Waals surface area contributed by atoms with Crippen molar-refractivity contribution in [2.45, 2.75) is 32.9 Å². The molecule has 0 aliphatic heterocycles. The van der Waals surface area contributed by atoms with Gasteiger partial charge >= 0.3 is 0 Å². The summed E-state index contributed by atoms with van der Waals surface area (Å²) in [6, 6.07) is 1.94. The number of aliphatic hydroxyl groups is 1. The first kappa shape index (κ1) is 11.7. The summed E-state index contributed by atoms with van der Waals surface area (Å²) < 4.78 is 1.72. The summed E-state index contributed by atoms with van der Waals surface area (Å²) in [4.78, 5) is 8.33. The van der Waals surface area contributed by atoms with Crippen molar-refractivity contribution in [1.82, 2.24) is 19.7 Å². The maximum atomic E-state index is 9.67. The van der Waals surface area contributed by atoms with Crippen LogP contribution in [0.25, 0.3) is 11.4 Å². The molecule has 0 saturated carbocycles. The SMILES string of the molecule is CC[C@@H](O)Cn1ncnc1-c1cnccc1C. The van der Waals surface area contributed by atoms with Crippen molar-refractivity contribution in [1.29, 1.82) is 0 Å². The van der Waals surface area contributed by atoms with Crippen molar-refractivity contribution in [3.05, 3.63) is 30.4 Å². The minimum atomic E-state index is -0.396. The molecule has 5 nitrogen and oxygen atoms in total. The maximum Gasteiger partial charge on any atom is 0.159 e. The fraction of sp³-hybridized carbons (Fsp3) is 0.417. The highest BCUT2D eigenvalue weighted by atomic mass is 16.3. The van der Waals surface area contributed by atoms with E-state index in [9.17, 15) is 5.11 Å². The van der Waals surface area contributed by atoms with E-state index >= 15 is 0 Å². The van der Waals surface area contributed by atoms with Crippen LogP contribution in [0.2, 0.25) is 0 Å². The quantitative estimate of drug-likeness (QED) is 0.865. The van der Waals surface area contributed by atoms with E-state index in [1.165, 1.54) is 6.33 Å². The van der Waals surface area contributed by atoms with Crippen LogP contribution in [0.5, 0.6) is 0 Å². The van der Waals surface area contributed by atoms with Gasteiger partial charge in [0.25, 0.3) is 0 Å². The average Bonchev–Trinajstić information content (AvgIpc) is 2.77. The molecule has 0 saturated heterocycles. The summed E-state index contributed by atoms with van der Waals surface area (Å²) in [5.74, 6) is 0.753. The second-order valence-electron chi connectivity index (χ2n) is 4.02. The van der Waals surface area contributed by atoms with Crippen molar-refractivity contribution in [3.63, 3.8) is 0 Å². The number of rotatable bonds is 4. The highest BCUT2D eigenvalue weighted by Crippen LogP contribution is 2.19. The second-order valence-corrected chi connectivity index (χ2v) is 4.02. The van der Waals surface area contributed by atoms with E-state index in [2.05, 4.69) is 15.1 Å². The predicted octanol–water partition coefficient (Wildman–Crippen LogP) is 1.42. The van der Waals surface area contributed by atoms with Crippen molar-refractivity contribution in [2.24, 2.45) is 0 Å². The molecule has 0 unspecified atom stereocenters. The van der Waals surface area contributed by atoms with Gasteiger partial charge in [-0.05, 0) is 25.0 Å². The molecule has 90 valence electrons. The maximum absolute atomic E-state index is 9.67. The molecule has 5 heteroatoms. The van der Waals surface area contributed by atoms with Crippen molar-refractivity contribution < 1.29 is 5.11 Å². The molecule has 1 atom stereocenters. The third-order valence-electron chi connectivity index (χ3n) is 2.75. The van der Waals surface area contributed by atoms with E-state index in [-0.39, 0.29) is 0 Å². The summed E-state index contributed by atoms with van der Waals surface area (Å²) in [5, 5.41) is 13.8. The lowest BCUT2D eigenvalue weighted by molar-refractivity contribution is 0.146. The normalized spacial score (nSPS) is 12.6. The van der Waals surface area contributed by atoms with Crippen LogP contribution in [0.1, 0.15) is 18.9 Å². The summed E-state index contributed by atoms with van der Waals surface area (Å²) >= 11 is 0. The molecule has 1 N–H and O–H groups in total. The third kappa shape index (κ3) is 2.50. The van der Waals surface area contributed by atoms with Gasteiger partial charge in [-0.15, -0.1) is 0 Å². The Balaban J connectivity index is 2.34. The number of hydrogen-bond donors (Lipinski definition) is 1. The van der Waals surface area contributed by atoms with E-state index in [0.717, 1.165) is 17.0 Å². The lowest BCUT2D eigenvalue weighted by atomic mass is 10.1. The molecule has 0 radical (unpaired) electrons. The Morgan fingerprint density at radius 2 is 2.29 bits per heavy atom. The van der Waals surface area contributed by atoms with Crippen molar-refractivity contribution in [3.8, 4) is 11.4 Å². The molecule has 0 aliphatic rings. The molecule has 0 fully saturated rings. The van der Waals surface area contributed by atoms with Crippen LogP contribution in [0.4, 0.5) is 0 Å². The Bertz CT molecular complexity index is 495. The first-order chi connectivity index (χ1) is 8.22. The summed E-state index contributed by atoms with van der Waals surface area (Å²) in [5.41, 5.74) is 2.05. The largest absolute Gasteiger partial charge is 0.391 e. The number of nitrogens with zero attached hydrogens (tertiary/aromatic N) is 4. The average molecular weight is 232 g/mol. The van der Waals surface area contributed by atoms with Crippen LogP contribution < -0.4 is 0 Å². The zero-order valence-electron chi connectivity index (χ0n) is 10.0. The number of pyridine rings is 1. The molecule has 2 aromatic rings. The Labute approximate surface area is 100 Å². The van der Waals surface area contributed by atoms with E-state index < -0.39 is 6.10 Å². The van der Waals surface area contributed by atoms with Gasteiger partial charge in [0.15, 0.2) is 5.82 Å². The monoisotopic (exact) mass is 232 g/mol. The topological polar surface area (TPSA) is 63.8 Å². The summed E-state index contributed by atoms with van der Waals surface area (Å²) in [6.45, 7) is 4.41. The van der Waals surface area contributed by atoms with Crippen molar-refractivity contribution >= 4 is 0 Å². The Morgan fingerprint density at radius 1 is 1.47 bits per heavy atom. The molecule has 0 amide bonds. The first-order valence-corrected chi connectivity index (χ1v) is 5.69. The van der Waals surface area contributed by atoms with Crippen LogP contribution in [-0.2, 0) is 6.54 Å². The molecule has 17 heavy (non-hydrogen) atoms. The van der Waals surface area contributed by atoms with Gasteiger partial charge < -0.3 is 5.11 Å². The molecule has 2 aromatic heterocycles. The van der Waals surface area contributed by atoms with E-state index in [1.807, 2.05) is 19.9 Å². The lowest BCUT2D eigenvalue weighted by Gasteiger charge is -2.11. The van der Waals surface area contributed by atoms with Crippen LogP contribution in [0.3, 0.4) is 0 Å². The van der Waals surface area contributed by atoms with Gasteiger partial charge in [-0.25, -0.2) is 9.67 Å². The number of aliphatic hydroxyl groups excluding tert-OH is 1. The van der Waals surface area contributed by atoms with Gasteiger partial charge in [0.1, 0.15) is 6.33 Å². The highest BCUT2D eigenvalue weighted by Gasteiger charge is 2.12. The Morgan fingerprint density at radius 3 is 3.00 bits per heavy atom. The molecule has 0 bridgehead atoms. The Kier molecular flexibility index (Phi) is 3.49. The predicted molar refractivity (Wildman–Crippen MR) is 64.3 cm³/mol. The highest BCUT2D eigenvalue weighted by molar-refractivity contribution is 5.58.